The molecule has 9 heteroatoms. The topological polar surface area (TPSA) is 79.1 Å². The molecule has 2 N–H and O–H groups in total. The monoisotopic (exact) mass is 496 g/mol. The van der Waals surface area contributed by atoms with Crippen molar-refractivity contribution in [2.45, 2.75) is 20.4 Å². The second-order valence-electron chi connectivity index (χ2n) is 8.29. The molecule has 4 rings (SSSR count). The van der Waals surface area contributed by atoms with Crippen LogP contribution in [0.4, 0.5) is 5.69 Å². The molecule has 2 heterocycles. The molecule has 1 aromatic heterocycles. The van der Waals surface area contributed by atoms with Gasteiger partial charge in [0.1, 0.15) is 19.0 Å². The van der Waals surface area contributed by atoms with Crippen LogP contribution in [0, 0.1) is 0 Å². The van der Waals surface area contributed by atoms with Crippen molar-refractivity contribution in [2.75, 3.05) is 51.8 Å². The summed E-state index contributed by atoms with van der Waals surface area (Å²) in [7, 11) is 1.63. The fourth-order valence-electron chi connectivity index (χ4n) is 4.11. The van der Waals surface area contributed by atoms with Crippen LogP contribution < -0.4 is 25.1 Å². The van der Waals surface area contributed by atoms with Crippen LogP contribution in [0.15, 0.2) is 47.3 Å². The molecular formula is C26H32N4O4S. The molecule has 0 saturated carbocycles. The van der Waals surface area contributed by atoms with Gasteiger partial charge in [-0.15, -0.1) is 0 Å². The number of benzene rings is 2. The summed E-state index contributed by atoms with van der Waals surface area (Å²) in [6, 6.07) is 13.3. The molecule has 0 atom stereocenters. The van der Waals surface area contributed by atoms with E-state index in [4.69, 9.17) is 26.4 Å². The Morgan fingerprint density at radius 2 is 1.80 bits per heavy atom. The van der Waals surface area contributed by atoms with Gasteiger partial charge in [0.2, 0.25) is 0 Å². The number of aromatic amines is 1. The second kappa shape index (κ2) is 11.4. The van der Waals surface area contributed by atoms with Crippen molar-refractivity contribution in [1.82, 2.24) is 14.8 Å². The van der Waals surface area contributed by atoms with E-state index in [0.29, 0.717) is 59.7 Å². The van der Waals surface area contributed by atoms with Gasteiger partial charge in [0.05, 0.1) is 24.9 Å². The van der Waals surface area contributed by atoms with E-state index >= 15 is 0 Å². The smallest absolute Gasteiger partial charge is 0.253 e. The van der Waals surface area contributed by atoms with E-state index in [1.807, 2.05) is 47.4 Å². The highest BCUT2D eigenvalue weighted by Crippen LogP contribution is 2.33. The molecular weight excluding hydrogens is 464 g/mol. The van der Waals surface area contributed by atoms with Gasteiger partial charge in [0, 0.05) is 30.1 Å². The highest BCUT2D eigenvalue weighted by Gasteiger charge is 2.18. The Hall–Kier alpha value is -3.30. The van der Waals surface area contributed by atoms with E-state index in [-0.39, 0.29) is 5.56 Å². The highest BCUT2D eigenvalue weighted by molar-refractivity contribution is 7.80. The number of para-hydroxylation sites is 2. The summed E-state index contributed by atoms with van der Waals surface area (Å²) in [6.07, 6.45) is 0. The Bertz CT molecular complexity index is 1240. The van der Waals surface area contributed by atoms with Gasteiger partial charge in [0.25, 0.3) is 5.56 Å². The Labute approximate surface area is 210 Å². The van der Waals surface area contributed by atoms with E-state index < -0.39 is 0 Å². The van der Waals surface area contributed by atoms with Crippen LogP contribution in [0.25, 0.3) is 10.9 Å². The summed E-state index contributed by atoms with van der Waals surface area (Å²) in [5.74, 6) is 2.04. The number of hydrogen-bond acceptors (Lipinski definition) is 6. The van der Waals surface area contributed by atoms with Crippen LogP contribution >= 0.6 is 12.2 Å². The van der Waals surface area contributed by atoms with E-state index in [1.54, 1.807) is 7.11 Å². The zero-order valence-corrected chi connectivity index (χ0v) is 21.2. The lowest BCUT2D eigenvalue weighted by atomic mass is 10.1. The number of anilines is 1. The van der Waals surface area contributed by atoms with E-state index in [0.717, 1.165) is 30.7 Å². The molecule has 3 aromatic rings. The van der Waals surface area contributed by atoms with Gasteiger partial charge in [-0.25, -0.2) is 0 Å². The fourth-order valence-corrected chi connectivity index (χ4v) is 4.37. The Morgan fingerprint density at radius 1 is 1.09 bits per heavy atom. The first-order chi connectivity index (χ1) is 17.0. The Kier molecular flexibility index (Phi) is 8.09. The predicted molar refractivity (Wildman–Crippen MR) is 143 cm³/mol. The normalized spacial score (nSPS) is 12.6. The van der Waals surface area contributed by atoms with E-state index in [1.165, 1.54) is 0 Å². The molecule has 0 amide bonds. The van der Waals surface area contributed by atoms with Crippen LogP contribution in [0.5, 0.6) is 17.2 Å². The minimum absolute atomic E-state index is 0.151. The summed E-state index contributed by atoms with van der Waals surface area (Å²) < 4.78 is 16.8. The Morgan fingerprint density at radius 3 is 2.51 bits per heavy atom. The van der Waals surface area contributed by atoms with Crippen molar-refractivity contribution in [1.29, 1.82) is 0 Å². The third-order valence-corrected chi connectivity index (χ3v) is 6.52. The number of H-pyrrole nitrogens is 1. The molecule has 2 aromatic carbocycles. The van der Waals surface area contributed by atoms with Crippen molar-refractivity contribution in [2.24, 2.45) is 0 Å². The summed E-state index contributed by atoms with van der Waals surface area (Å²) >= 11 is 5.80. The first kappa shape index (κ1) is 24.8. The molecule has 0 fully saturated rings. The summed E-state index contributed by atoms with van der Waals surface area (Å²) in [6.45, 7) is 9.03. The van der Waals surface area contributed by atoms with Crippen LogP contribution in [0.1, 0.15) is 19.4 Å². The van der Waals surface area contributed by atoms with Crippen LogP contribution in [0.2, 0.25) is 0 Å². The van der Waals surface area contributed by atoms with Crippen molar-refractivity contribution in [3.05, 3.63) is 58.4 Å². The van der Waals surface area contributed by atoms with Gasteiger partial charge in [-0.05, 0) is 49.6 Å². The predicted octanol–water partition coefficient (Wildman–Crippen LogP) is 3.85. The SMILES string of the molecule is CCN(CC)CCN(Cc1cc2cc3c(cc2[nH]c1=O)OCCO3)C(=S)Nc1ccccc1OC. The van der Waals surface area contributed by atoms with Crippen molar-refractivity contribution < 1.29 is 14.2 Å². The first-order valence-corrected chi connectivity index (χ1v) is 12.3. The molecule has 0 spiro atoms. The molecule has 0 saturated heterocycles. The zero-order valence-electron chi connectivity index (χ0n) is 20.4. The summed E-state index contributed by atoms with van der Waals surface area (Å²) in [5, 5.41) is 4.72. The summed E-state index contributed by atoms with van der Waals surface area (Å²) in [4.78, 5) is 20.4. The third-order valence-electron chi connectivity index (χ3n) is 6.16. The third kappa shape index (κ3) is 5.86. The number of pyridine rings is 1. The molecule has 0 unspecified atom stereocenters. The second-order valence-corrected chi connectivity index (χ2v) is 8.67. The van der Waals surface area contributed by atoms with Gasteiger partial charge in [0.15, 0.2) is 16.6 Å². The fraction of sp³-hybridized carbons (Fsp3) is 0.385. The first-order valence-electron chi connectivity index (χ1n) is 11.9. The molecule has 1 aliphatic rings. The number of nitrogens with one attached hydrogen (secondary N) is 2. The maximum atomic E-state index is 13.0. The quantitative estimate of drug-likeness (QED) is 0.433. The summed E-state index contributed by atoms with van der Waals surface area (Å²) in [5.41, 5.74) is 1.97. The van der Waals surface area contributed by atoms with Gasteiger partial charge in [-0.1, -0.05) is 26.0 Å². The minimum atomic E-state index is -0.151. The molecule has 0 aliphatic carbocycles. The molecule has 0 bridgehead atoms. The number of aromatic nitrogens is 1. The van der Waals surface area contributed by atoms with Gasteiger partial charge in [-0.3, -0.25) is 4.79 Å². The minimum Gasteiger partial charge on any atom is -0.495 e. The van der Waals surface area contributed by atoms with Gasteiger partial charge in [-0.2, -0.15) is 0 Å². The van der Waals surface area contributed by atoms with E-state index in [2.05, 4.69) is 29.0 Å². The van der Waals surface area contributed by atoms with Crippen LogP contribution in [-0.4, -0.2) is 66.4 Å². The standard InChI is InChI=1S/C26H32N4O4S/c1-4-29(5-2)10-11-30(26(35)28-20-8-6-7-9-22(20)32-3)17-19-14-18-15-23-24(34-13-12-33-23)16-21(18)27-25(19)31/h6-9,14-16H,4-5,10-13,17H2,1-3H3,(H,27,31)(H,28,35). The molecule has 0 radical (unpaired) electrons. The molecule has 186 valence electrons. The van der Waals surface area contributed by atoms with E-state index in [9.17, 15) is 4.79 Å². The lowest BCUT2D eigenvalue weighted by molar-refractivity contribution is 0.172. The van der Waals surface area contributed by atoms with Crippen LogP contribution in [-0.2, 0) is 6.54 Å². The zero-order chi connectivity index (χ0) is 24.8. The number of nitrogens with zero attached hydrogens (tertiary/aromatic N) is 2. The van der Waals surface area contributed by atoms with Crippen LogP contribution in [0.3, 0.4) is 0 Å². The van der Waals surface area contributed by atoms with Crippen molar-refractivity contribution >= 4 is 33.9 Å². The number of hydrogen-bond donors (Lipinski definition) is 2. The van der Waals surface area contributed by atoms with Crippen molar-refractivity contribution in [3.63, 3.8) is 0 Å². The molecule has 35 heavy (non-hydrogen) atoms. The number of ether oxygens (including phenoxy) is 3. The number of thiocarbonyl (C=S) groups is 1. The van der Waals surface area contributed by atoms with Gasteiger partial charge < -0.3 is 34.3 Å². The average Bonchev–Trinajstić information content (AvgIpc) is 2.88. The lowest BCUT2D eigenvalue weighted by Crippen LogP contribution is -2.41. The number of fused-ring (bicyclic) bond motifs is 2. The Balaban J connectivity index is 1.61. The largest absolute Gasteiger partial charge is 0.495 e. The number of methoxy groups -OCH3 is 1. The maximum Gasteiger partial charge on any atom is 0.253 e. The number of rotatable bonds is 9. The van der Waals surface area contributed by atoms with Crippen molar-refractivity contribution in [3.8, 4) is 17.2 Å². The molecule has 8 nitrogen and oxygen atoms in total. The average molecular weight is 497 g/mol. The lowest BCUT2D eigenvalue weighted by Gasteiger charge is -2.29. The number of likely N-dealkylation sites (N-methyl/N-ethyl adjacent to an activating group) is 1. The highest BCUT2D eigenvalue weighted by atomic mass is 32.1. The molecule has 1 aliphatic heterocycles. The maximum absolute atomic E-state index is 13.0. The van der Waals surface area contributed by atoms with Gasteiger partial charge >= 0.3 is 0 Å².